The Morgan fingerprint density at radius 2 is 1.62 bits per heavy atom. The molecule has 2 unspecified atom stereocenters. The van der Waals surface area contributed by atoms with E-state index in [2.05, 4.69) is 70.3 Å². The number of rotatable bonds is 4. The summed E-state index contributed by atoms with van der Waals surface area (Å²) in [6, 6.07) is 0. The van der Waals surface area contributed by atoms with Crippen molar-refractivity contribution in [2.75, 3.05) is 0 Å². The van der Waals surface area contributed by atoms with Gasteiger partial charge in [-0.05, 0) is 33.6 Å². The molecule has 1 saturated heterocycles. The summed E-state index contributed by atoms with van der Waals surface area (Å²) in [6.45, 7) is 11.3. The Balaban J connectivity index is 2.36. The van der Waals surface area contributed by atoms with E-state index >= 15 is 0 Å². The van der Waals surface area contributed by atoms with Crippen LogP contribution in [0, 0.1) is 0 Å². The van der Waals surface area contributed by atoms with Crippen molar-refractivity contribution in [2.24, 2.45) is 0 Å². The third-order valence-corrected chi connectivity index (χ3v) is 6.19. The van der Waals surface area contributed by atoms with Crippen LogP contribution in [-0.4, -0.2) is 15.1 Å². The van der Waals surface area contributed by atoms with Crippen molar-refractivity contribution in [3.05, 3.63) is 23.3 Å². The summed E-state index contributed by atoms with van der Waals surface area (Å²) in [5, 5.41) is 1.61. The molecule has 0 nitrogen and oxygen atoms in total. The summed E-state index contributed by atoms with van der Waals surface area (Å²) in [5.74, 6) is 0. The molecule has 1 aliphatic rings. The highest BCUT2D eigenvalue weighted by molar-refractivity contribution is 8.21. The third kappa shape index (κ3) is 5.01. The molecule has 1 aliphatic heterocycles. The first-order chi connectivity index (χ1) is 7.49. The molecule has 1 fully saturated rings. The zero-order valence-electron chi connectivity index (χ0n) is 11.1. The highest BCUT2D eigenvalue weighted by Gasteiger charge is 2.27. The van der Waals surface area contributed by atoms with Crippen LogP contribution in [0.5, 0.6) is 0 Å². The quantitative estimate of drug-likeness (QED) is 0.629. The van der Waals surface area contributed by atoms with Crippen molar-refractivity contribution in [1.29, 1.82) is 0 Å². The second-order valence-corrected chi connectivity index (χ2v) is 8.23. The Morgan fingerprint density at radius 1 is 1.06 bits per heavy atom. The van der Waals surface area contributed by atoms with Gasteiger partial charge in [0.25, 0.3) is 0 Å². The zero-order chi connectivity index (χ0) is 12.1. The molecule has 1 rings (SSSR count). The molecular formula is C14H24S2. The average Bonchev–Trinajstić information content (AvgIpc) is 2.44. The van der Waals surface area contributed by atoms with Gasteiger partial charge in [0.15, 0.2) is 0 Å². The van der Waals surface area contributed by atoms with E-state index in [1.54, 1.807) is 5.57 Å². The Bertz CT molecular complexity index is 264. The van der Waals surface area contributed by atoms with Crippen LogP contribution in [0.3, 0.4) is 0 Å². The maximum absolute atomic E-state index is 2.47. The number of allylic oxidation sites excluding steroid dienone is 3. The molecule has 0 saturated carbocycles. The van der Waals surface area contributed by atoms with Crippen molar-refractivity contribution in [1.82, 2.24) is 0 Å². The topological polar surface area (TPSA) is 0 Å². The van der Waals surface area contributed by atoms with Gasteiger partial charge in [-0.2, -0.15) is 0 Å². The SMILES string of the molecule is CC(C)=CCCC(C)=CC1SC(C)C(C)S1. The molecular weight excluding hydrogens is 232 g/mol. The molecule has 2 atom stereocenters. The van der Waals surface area contributed by atoms with Crippen LogP contribution < -0.4 is 0 Å². The first-order valence-electron chi connectivity index (χ1n) is 6.10. The maximum Gasteiger partial charge on any atom is 0.0690 e. The van der Waals surface area contributed by atoms with E-state index in [-0.39, 0.29) is 0 Å². The Hall–Kier alpha value is 0.180. The molecule has 1 heterocycles. The molecule has 0 aliphatic carbocycles. The van der Waals surface area contributed by atoms with Crippen LogP contribution in [-0.2, 0) is 0 Å². The van der Waals surface area contributed by atoms with E-state index < -0.39 is 0 Å². The zero-order valence-corrected chi connectivity index (χ0v) is 12.8. The average molecular weight is 256 g/mol. The van der Waals surface area contributed by atoms with Gasteiger partial charge in [-0.1, -0.05) is 37.1 Å². The fourth-order valence-corrected chi connectivity index (χ4v) is 5.26. The van der Waals surface area contributed by atoms with Crippen LogP contribution in [0.2, 0.25) is 0 Å². The molecule has 0 aromatic carbocycles. The Labute approximate surface area is 109 Å². The van der Waals surface area contributed by atoms with E-state index in [9.17, 15) is 0 Å². The fourth-order valence-electron chi connectivity index (χ4n) is 1.66. The molecule has 0 amide bonds. The Kier molecular flexibility index (Phi) is 6.06. The first-order valence-corrected chi connectivity index (χ1v) is 7.99. The molecule has 0 aromatic rings. The highest BCUT2D eigenvalue weighted by Crippen LogP contribution is 2.44. The summed E-state index contributed by atoms with van der Waals surface area (Å²) in [6.07, 6.45) is 7.20. The van der Waals surface area contributed by atoms with Gasteiger partial charge in [-0.25, -0.2) is 0 Å². The molecule has 0 bridgehead atoms. The second kappa shape index (κ2) is 6.80. The van der Waals surface area contributed by atoms with E-state index in [1.807, 2.05) is 0 Å². The van der Waals surface area contributed by atoms with Crippen LogP contribution in [0.1, 0.15) is 47.5 Å². The minimum absolute atomic E-state index is 0.691. The van der Waals surface area contributed by atoms with E-state index in [0.717, 1.165) is 10.5 Å². The molecule has 0 aromatic heterocycles. The summed E-state index contributed by atoms with van der Waals surface area (Å²) >= 11 is 4.23. The molecule has 92 valence electrons. The van der Waals surface area contributed by atoms with E-state index in [0.29, 0.717) is 4.58 Å². The van der Waals surface area contributed by atoms with Crippen molar-refractivity contribution in [3.8, 4) is 0 Å². The summed E-state index contributed by atoms with van der Waals surface area (Å²) in [4.78, 5) is 0. The van der Waals surface area contributed by atoms with Gasteiger partial charge in [-0.15, -0.1) is 23.5 Å². The standard InChI is InChI=1S/C14H24S2/c1-10(2)7-6-8-11(3)9-14-15-12(4)13(5)16-14/h7,9,12-14H,6,8H2,1-5H3. The lowest BCUT2D eigenvalue weighted by Crippen LogP contribution is -2.04. The van der Waals surface area contributed by atoms with Crippen molar-refractivity contribution in [2.45, 2.75) is 62.5 Å². The Morgan fingerprint density at radius 3 is 2.12 bits per heavy atom. The smallest absolute Gasteiger partial charge is 0.0690 e. The predicted octanol–water partition coefficient (Wildman–Crippen LogP) is 5.26. The lowest BCUT2D eigenvalue weighted by Gasteiger charge is -2.05. The first kappa shape index (κ1) is 14.2. The van der Waals surface area contributed by atoms with Gasteiger partial charge in [-0.3, -0.25) is 0 Å². The predicted molar refractivity (Wildman–Crippen MR) is 80.3 cm³/mol. The number of thioether (sulfide) groups is 2. The highest BCUT2D eigenvalue weighted by atomic mass is 32.2. The number of hydrogen-bond donors (Lipinski definition) is 0. The second-order valence-electron chi connectivity index (χ2n) is 4.88. The van der Waals surface area contributed by atoms with Crippen LogP contribution in [0.25, 0.3) is 0 Å². The van der Waals surface area contributed by atoms with Gasteiger partial charge < -0.3 is 0 Å². The summed E-state index contributed by atoms with van der Waals surface area (Å²) in [5.41, 5.74) is 2.98. The lowest BCUT2D eigenvalue weighted by molar-refractivity contribution is 0.941. The summed E-state index contributed by atoms with van der Waals surface area (Å²) < 4.78 is 0.691. The van der Waals surface area contributed by atoms with Gasteiger partial charge in [0.2, 0.25) is 0 Å². The molecule has 0 spiro atoms. The third-order valence-electron chi connectivity index (χ3n) is 2.87. The van der Waals surface area contributed by atoms with Crippen LogP contribution in [0.4, 0.5) is 0 Å². The van der Waals surface area contributed by atoms with Gasteiger partial charge in [0.05, 0.1) is 4.58 Å². The normalized spacial score (nSPS) is 30.6. The molecule has 0 N–H and O–H groups in total. The van der Waals surface area contributed by atoms with Crippen LogP contribution >= 0.6 is 23.5 Å². The minimum atomic E-state index is 0.691. The lowest BCUT2D eigenvalue weighted by atomic mass is 10.1. The monoisotopic (exact) mass is 256 g/mol. The molecule has 16 heavy (non-hydrogen) atoms. The fraction of sp³-hybridized carbons (Fsp3) is 0.714. The van der Waals surface area contributed by atoms with Gasteiger partial charge in [0, 0.05) is 10.5 Å². The minimum Gasteiger partial charge on any atom is -0.139 e. The van der Waals surface area contributed by atoms with E-state index in [1.165, 1.54) is 18.4 Å². The largest absolute Gasteiger partial charge is 0.139 e. The van der Waals surface area contributed by atoms with E-state index in [4.69, 9.17) is 0 Å². The van der Waals surface area contributed by atoms with Crippen molar-refractivity contribution < 1.29 is 0 Å². The maximum atomic E-state index is 2.47. The van der Waals surface area contributed by atoms with Gasteiger partial charge >= 0.3 is 0 Å². The van der Waals surface area contributed by atoms with Crippen molar-refractivity contribution >= 4 is 23.5 Å². The summed E-state index contributed by atoms with van der Waals surface area (Å²) in [7, 11) is 0. The van der Waals surface area contributed by atoms with Crippen molar-refractivity contribution in [3.63, 3.8) is 0 Å². The van der Waals surface area contributed by atoms with Crippen LogP contribution in [0.15, 0.2) is 23.3 Å². The van der Waals surface area contributed by atoms with Gasteiger partial charge in [0.1, 0.15) is 0 Å². The number of hydrogen-bond acceptors (Lipinski definition) is 2. The molecule has 0 radical (unpaired) electrons. The molecule has 2 heteroatoms.